The number of fused-ring (bicyclic) bond motifs is 1. The number of hydrogen-bond acceptors (Lipinski definition) is 5. The van der Waals surface area contributed by atoms with Gasteiger partial charge in [-0.15, -0.1) is 0 Å². The standard InChI is InChI=1S/C22H17ClN2O5/c23-16-7-9-19(26)25(12-16)20(21(27)15-4-2-1-3-5-15)22(28)24-11-14-6-8-17-18(10-14)30-13-29-17/h1-10,12,20H,11,13H2,(H,24,28)/t20-/m1/s1. The molecule has 1 aromatic heterocycles. The highest BCUT2D eigenvalue weighted by molar-refractivity contribution is 6.30. The Morgan fingerprint density at radius 3 is 2.60 bits per heavy atom. The number of benzene rings is 2. The average Bonchev–Trinajstić information content (AvgIpc) is 3.23. The summed E-state index contributed by atoms with van der Waals surface area (Å²) in [6.07, 6.45) is 1.29. The molecule has 1 aliphatic heterocycles. The fourth-order valence-corrected chi connectivity index (χ4v) is 3.32. The van der Waals surface area contributed by atoms with Gasteiger partial charge in [0.15, 0.2) is 23.3 Å². The van der Waals surface area contributed by atoms with Gasteiger partial charge >= 0.3 is 0 Å². The Morgan fingerprint density at radius 1 is 1.03 bits per heavy atom. The van der Waals surface area contributed by atoms with Crippen LogP contribution in [0, 0.1) is 0 Å². The Hall–Kier alpha value is -3.58. The van der Waals surface area contributed by atoms with Crippen LogP contribution in [0.4, 0.5) is 0 Å². The van der Waals surface area contributed by atoms with Crippen molar-refractivity contribution in [3.8, 4) is 11.5 Å². The van der Waals surface area contributed by atoms with Gasteiger partial charge in [-0.1, -0.05) is 48.0 Å². The van der Waals surface area contributed by atoms with Gasteiger partial charge in [0.25, 0.3) is 11.5 Å². The highest BCUT2D eigenvalue weighted by Crippen LogP contribution is 2.32. The Labute approximate surface area is 176 Å². The number of carbonyl (C=O) groups excluding carboxylic acids is 2. The van der Waals surface area contributed by atoms with Gasteiger partial charge in [-0.2, -0.15) is 0 Å². The second kappa shape index (κ2) is 8.42. The lowest BCUT2D eigenvalue weighted by molar-refractivity contribution is -0.123. The summed E-state index contributed by atoms with van der Waals surface area (Å²) >= 11 is 6.01. The maximum Gasteiger partial charge on any atom is 0.251 e. The molecule has 7 nitrogen and oxygen atoms in total. The molecule has 0 fully saturated rings. The van der Waals surface area contributed by atoms with E-state index in [2.05, 4.69) is 5.32 Å². The number of rotatable bonds is 6. The lowest BCUT2D eigenvalue weighted by Gasteiger charge is -2.19. The molecular formula is C22H17ClN2O5. The first-order valence-corrected chi connectivity index (χ1v) is 9.54. The zero-order chi connectivity index (χ0) is 21.1. The minimum atomic E-state index is -1.40. The van der Waals surface area contributed by atoms with E-state index in [0.717, 1.165) is 10.1 Å². The number of hydrogen-bond donors (Lipinski definition) is 1. The number of ether oxygens (including phenoxy) is 2. The van der Waals surface area contributed by atoms with E-state index < -0.39 is 23.3 Å². The molecule has 0 unspecified atom stereocenters. The summed E-state index contributed by atoms with van der Waals surface area (Å²) in [5, 5.41) is 2.97. The predicted molar refractivity (Wildman–Crippen MR) is 110 cm³/mol. The molecule has 3 aromatic rings. The van der Waals surface area contributed by atoms with Crippen LogP contribution in [-0.4, -0.2) is 23.1 Å². The van der Waals surface area contributed by atoms with Crippen molar-refractivity contribution in [1.29, 1.82) is 0 Å². The molecule has 0 saturated heterocycles. The molecule has 0 radical (unpaired) electrons. The van der Waals surface area contributed by atoms with Gasteiger partial charge in [0.1, 0.15) is 0 Å². The third-order valence-corrected chi connectivity index (χ3v) is 4.86. The van der Waals surface area contributed by atoms with Crippen molar-refractivity contribution in [2.24, 2.45) is 0 Å². The molecule has 2 heterocycles. The van der Waals surface area contributed by atoms with Gasteiger partial charge < -0.3 is 14.8 Å². The van der Waals surface area contributed by atoms with Gasteiger partial charge in [0.2, 0.25) is 6.79 Å². The molecule has 0 saturated carbocycles. The first-order chi connectivity index (χ1) is 14.5. The second-order valence-corrected chi connectivity index (χ2v) is 7.07. The number of pyridine rings is 1. The average molecular weight is 425 g/mol. The van der Waals surface area contributed by atoms with Crippen LogP contribution < -0.4 is 20.3 Å². The summed E-state index contributed by atoms with van der Waals surface area (Å²) in [5.41, 5.74) is 0.566. The minimum Gasteiger partial charge on any atom is -0.454 e. The fraction of sp³-hybridized carbons (Fsp3) is 0.136. The molecule has 1 atom stereocenters. The van der Waals surface area contributed by atoms with Crippen molar-refractivity contribution in [2.45, 2.75) is 12.6 Å². The molecule has 4 rings (SSSR count). The van der Waals surface area contributed by atoms with E-state index in [1.165, 1.54) is 18.3 Å². The van der Waals surface area contributed by atoms with Crippen LogP contribution in [0.2, 0.25) is 5.02 Å². The SMILES string of the molecule is O=C(NCc1ccc2c(c1)OCO2)[C@@H](C(=O)c1ccccc1)n1cc(Cl)ccc1=O. The van der Waals surface area contributed by atoms with Gasteiger partial charge in [-0.05, 0) is 23.8 Å². The van der Waals surface area contributed by atoms with E-state index in [1.807, 2.05) is 0 Å². The Balaban J connectivity index is 1.61. The number of aromatic nitrogens is 1. The third kappa shape index (κ3) is 4.06. The van der Waals surface area contributed by atoms with Gasteiger partial charge in [-0.25, -0.2) is 0 Å². The van der Waals surface area contributed by atoms with E-state index in [4.69, 9.17) is 21.1 Å². The van der Waals surface area contributed by atoms with E-state index in [9.17, 15) is 14.4 Å². The summed E-state index contributed by atoms with van der Waals surface area (Å²) in [4.78, 5) is 38.6. The second-order valence-electron chi connectivity index (χ2n) is 6.63. The van der Waals surface area contributed by atoms with Gasteiger partial charge in [0, 0.05) is 24.4 Å². The van der Waals surface area contributed by atoms with Crippen LogP contribution in [-0.2, 0) is 11.3 Å². The lowest BCUT2D eigenvalue weighted by Crippen LogP contribution is -2.41. The molecule has 2 aromatic carbocycles. The number of ketones is 1. The summed E-state index contributed by atoms with van der Waals surface area (Å²) in [5.74, 6) is 0.0893. The van der Waals surface area contributed by atoms with Crippen LogP contribution in [0.3, 0.4) is 0 Å². The van der Waals surface area contributed by atoms with E-state index in [1.54, 1.807) is 48.5 Å². The number of carbonyl (C=O) groups is 2. The predicted octanol–water partition coefficient (Wildman–Crippen LogP) is 2.97. The van der Waals surface area contributed by atoms with Crippen LogP contribution in [0.5, 0.6) is 11.5 Å². The Kier molecular flexibility index (Phi) is 5.54. The molecule has 0 bridgehead atoms. The van der Waals surface area contributed by atoms with Crippen molar-refractivity contribution >= 4 is 23.3 Å². The zero-order valence-corrected chi connectivity index (χ0v) is 16.5. The Morgan fingerprint density at radius 2 is 1.80 bits per heavy atom. The highest BCUT2D eigenvalue weighted by atomic mass is 35.5. The number of amides is 1. The van der Waals surface area contributed by atoms with Crippen molar-refractivity contribution < 1.29 is 19.1 Å². The number of nitrogens with zero attached hydrogens (tertiary/aromatic N) is 1. The molecule has 152 valence electrons. The van der Waals surface area contributed by atoms with Crippen molar-refractivity contribution in [1.82, 2.24) is 9.88 Å². The van der Waals surface area contributed by atoms with Crippen molar-refractivity contribution in [2.75, 3.05) is 6.79 Å². The summed E-state index contributed by atoms with van der Waals surface area (Å²) < 4.78 is 11.7. The maximum absolute atomic E-state index is 13.1. The smallest absolute Gasteiger partial charge is 0.251 e. The first kappa shape index (κ1) is 19.7. The highest BCUT2D eigenvalue weighted by Gasteiger charge is 2.30. The monoisotopic (exact) mass is 424 g/mol. The maximum atomic E-state index is 13.1. The Bertz CT molecular complexity index is 1160. The molecule has 1 N–H and O–H groups in total. The molecular weight excluding hydrogens is 408 g/mol. The van der Waals surface area contributed by atoms with Crippen LogP contribution in [0.15, 0.2) is 71.7 Å². The number of Topliss-reactive ketones (excluding diaryl/α,β-unsaturated/α-hetero) is 1. The third-order valence-electron chi connectivity index (χ3n) is 4.64. The fourth-order valence-electron chi connectivity index (χ4n) is 3.15. The quantitative estimate of drug-likeness (QED) is 0.485. The molecule has 8 heteroatoms. The molecule has 0 aliphatic carbocycles. The lowest BCUT2D eigenvalue weighted by atomic mass is 10.0. The van der Waals surface area contributed by atoms with Crippen molar-refractivity contribution in [3.05, 3.63) is 93.4 Å². The largest absolute Gasteiger partial charge is 0.454 e. The van der Waals surface area contributed by atoms with E-state index in [0.29, 0.717) is 17.1 Å². The topological polar surface area (TPSA) is 86.6 Å². The number of halogens is 1. The van der Waals surface area contributed by atoms with Crippen LogP contribution >= 0.6 is 11.6 Å². The summed E-state index contributed by atoms with van der Waals surface area (Å²) in [6, 6.07) is 14.8. The van der Waals surface area contributed by atoms with E-state index in [-0.39, 0.29) is 18.4 Å². The zero-order valence-electron chi connectivity index (χ0n) is 15.7. The van der Waals surface area contributed by atoms with Gasteiger partial charge in [-0.3, -0.25) is 19.0 Å². The minimum absolute atomic E-state index is 0.142. The van der Waals surface area contributed by atoms with Crippen molar-refractivity contribution in [3.63, 3.8) is 0 Å². The van der Waals surface area contributed by atoms with Gasteiger partial charge in [0.05, 0.1) is 5.02 Å². The summed E-state index contributed by atoms with van der Waals surface area (Å²) in [7, 11) is 0. The van der Waals surface area contributed by atoms with Crippen LogP contribution in [0.25, 0.3) is 0 Å². The normalized spacial score (nSPS) is 13.0. The first-order valence-electron chi connectivity index (χ1n) is 9.16. The van der Waals surface area contributed by atoms with E-state index >= 15 is 0 Å². The number of nitrogens with one attached hydrogen (secondary N) is 1. The molecule has 30 heavy (non-hydrogen) atoms. The van der Waals surface area contributed by atoms with Crippen LogP contribution in [0.1, 0.15) is 22.0 Å². The summed E-state index contributed by atoms with van der Waals surface area (Å²) in [6.45, 7) is 0.292. The molecule has 1 aliphatic rings. The molecule has 1 amide bonds. The molecule has 0 spiro atoms.